The SMILES string of the molecule is CNC[C@@H](CC(=O)N1CCC[C@@H]([C@@H](COCCOC)c2cccc(Cl)c2)C1)CC1CCCCC1. The van der Waals surface area contributed by atoms with Crippen LogP contribution < -0.4 is 5.32 Å². The largest absolute Gasteiger partial charge is 0.382 e. The zero-order valence-electron chi connectivity index (χ0n) is 21.3. The number of ether oxygens (including phenoxy) is 2. The van der Waals surface area contributed by atoms with Gasteiger partial charge in [0.1, 0.15) is 0 Å². The fourth-order valence-corrected chi connectivity index (χ4v) is 6.16. The van der Waals surface area contributed by atoms with Crippen molar-refractivity contribution in [3.8, 4) is 0 Å². The van der Waals surface area contributed by atoms with E-state index in [0.717, 1.165) is 43.4 Å². The smallest absolute Gasteiger partial charge is 0.222 e. The summed E-state index contributed by atoms with van der Waals surface area (Å²) in [6.07, 6.45) is 10.8. The fraction of sp³-hybridized carbons (Fsp3) is 0.750. The van der Waals surface area contributed by atoms with Gasteiger partial charge in [-0.1, -0.05) is 55.8 Å². The second-order valence-corrected chi connectivity index (χ2v) is 10.8. The molecule has 2 aliphatic rings. The number of nitrogens with one attached hydrogen (secondary N) is 1. The minimum Gasteiger partial charge on any atom is -0.382 e. The maximum atomic E-state index is 13.4. The van der Waals surface area contributed by atoms with E-state index in [1.807, 2.05) is 19.2 Å². The van der Waals surface area contributed by atoms with Gasteiger partial charge >= 0.3 is 0 Å². The molecule has 3 atom stereocenters. The van der Waals surface area contributed by atoms with Crippen LogP contribution in [-0.2, 0) is 14.3 Å². The first-order valence-electron chi connectivity index (χ1n) is 13.3. The molecule has 1 aliphatic carbocycles. The van der Waals surface area contributed by atoms with Gasteiger partial charge in [-0.2, -0.15) is 0 Å². The van der Waals surface area contributed by atoms with Crippen LogP contribution in [0.25, 0.3) is 0 Å². The van der Waals surface area contributed by atoms with Gasteiger partial charge in [-0.3, -0.25) is 4.79 Å². The molecule has 1 heterocycles. The molecule has 3 rings (SSSR count). The van der Waals surface area contributed by atoms with Crippen molar-refractivity contribution in [2.45, 2.75) is 63.7 Å². The van der Waals surface area contributed by atoms with E-state index in [-0.39, 0.29) is 5.92 Å². The van der Waals surface area contributed by atoms with E-state index in [1.54, 1.807) is 7.11 Å². The van der Waals surface area contributed by atoms with Crippen molar-refractivity contribution in [2.75, 3.05) is 53.6 Å². The van der Waals surface area contributed by atoms with Crippen LogP contribution in [0.5, 0.6) is 0 Å². The van der Waals surface area contributed by atoms with Crippen molar-refractivity contribution in [1.82, 2.24) is 10.2 Å². The number of hydrogen-bond acceptors (Lipinski definition) is 4. The Morgan fingerprint density at radius 2 is 2.00 bits per heavy atom. The highest BCUT2D eigenvalue weighted by Gasteiger charge is 2.32. The molecular weight excluding hydrogens is 448 g/mol. The average molecular weight is 493 g/mol. The number of hydrogen-bond donors (Lipinski definition) is 1. The molecule has 0 spiro atoms. The topological polar surface area (TPSA) is 50.8 Å². The van der Waals surface area contributed by atoms with Gasteiger partial charge in [0.2, 0.25) is 5.91 Å². The van der Waals surface area contributed by atoms with E-state index in [2.05, 4.69) is 22.3 Å². The van der Waals surface area contributed by atoms with E-state index >= 15 is 0 Å². The fourth-order valence-electron chi connectivity index (χ4n) is 5.96. The van der Waals surface area contributed by atoms with E-state index in [0.29, 0.717) is 44.0 Å². The molecule has 34 heavy (non-hydrogen) atoms. The van der Waals surface area contributed by atoms with E-state index in [1.165, 1.54) is 44.1 Å². The molecule has 0 bridgehead atoms. The summed E-state index contributed by atoms with van der Waals surface area (Å²) in [4.78, 5) is 15.5. The summed E-state index contributed by atoms with van der Waals surface area (Å²) < 4.78 is 11.1. The average Bonchev–Trinajstić information content (AvgIpc) is 2.85. The quantitative estimate of drug-likeness (QED) is 0.368. The molecule has 0 aromatic heterocycles. The summed E-state index contributed by atoms with van der Waals surface area (Å²) in [6.45, 7) is 4.40. The number of benzene rings is 1. The molecule has 1 N–H and O–H groups in total. The highest BCUT2D eigenvalue weighted by Crippen LogP contribution is 2.34. The molecule has 1 saturated heterocycles. The molecule has 0 radical (unpaired) electrons. The summed E-state index contributed by atoms with van der Waals surface area (Å²) >= 11 is 6.33. The first-order valence-corrected chi connectivity index (χ1v) is 13.7. The number of halogens is 1. The Morgan fingerprint density at radius 3 is 2.74 bits per heavy atom. The second-order valence-electron chi connectivity index (χ2n) is 10.3. The first kappa shape index (κ1) is 27.4. The Balaban J connectivity index is 1.62. The van der Waals surface area contributed by atoms with Gasteiger partial charge in [0.25, 0.3) is 0 Å². The lowest BCUT2D eigenvalue weighted by atomic mass is 9.80. The van der Waals surface area contributed by atoms with Crippen LogP contribution in [0.3, 0.4) is 0 Å². The van der Waals surface area contributed by atoms with Crippen molar-refractivity contribution >= 4 is 17.5 Å². The summed E-state index contributed by atoms with van der Waals surface area (Å²) in [5.74, 6) is 2.15. The summed E-state index contributed by atoms with van der Waals surface area (Å²) in [7, 11) is 3.70. The van der Waals surface area contributed by atoms with Crippen molar-refractivity contribution in [1.29, 1.82) is 0 Å². The van der Waals surface area contributed by atoms with Crippen LogP contribution in [-0.4, -0.2) is 64.4 Å². The normalized spacial score (nSPS) is 21.4. The maximum Gasteiger partial charge on any atom is 0.222 e. The highest BCUT2D eigenvalue weighted by atomic mass is 35.5. The van der Waals surface area contributed by atoms with E-state index < -0.39 is 0 Å². The Labute approximate surface area is 211 Å². The zero-order chi connectivity index (χ0) is 24.2. The lowest BCUT2D eigenvalue weighted by Gasteiger charge is -2.38. The van der Waals surface area contributed by atoms with Gasteiger partial charge in [0, 0.05) is 37.6 Å². The highest BCUT2D eigenvalue weighted by molar-refractivity contribution is 6.30. The number of carbonyl (C=O) groups is 1. The van der Waals surface area contributed by atoms with Crippen LogP contribution >= 0.6 is 11.6 Å². The molecule has 1 aromatic carbocycles. The molecule has 6 heteroatoms. The third-order valence-corrected chi connectivity index (χ3v) is 7.97. The maximum absolute atomic E-state index is 13.4. The summed E-state index contributed by atoms with van der Waals surface area (Å²) in [5.41, 5.74) is 1.20. The van der Waals surface area contributed by atoms with Crippen molar-refractivity contribution in [3.05, 3.63) is 34.9 Å². The number of methoxy groups -OCH3 is 1. The summed E-state index contributed by atoms with van der Waals surface area (Å²) in [5, 5.41) is 4.09. The van der Waals surface area contributed by atoms with Crippen molar-refractivity contribution in [2.24, 2.45) is 17.8 Å². The lowest BCUT2D eigenvalue weighted by molar-refractivity contribution is -0.134. The molecule has 0 unspecified atom stereocenters. The van der Waals surface area contributed by atoms with Crippen LogP contribution in [0, 0.1) is 17.8 Å². The Bertz CT molecular complexity index is 725. The monoisotopic (exact) mass is 492 g/mol. The van der Waals surface area contributed by atoms with Crippen molar-refractivity contribution in [3.63, 3.8) is 0 Å². The predicted octanol–water partition coefficient (Wildman–Crippen LogP) is 5.52. The zero-order valence-corrected chi connectivity index (χ0v) is 22.0. The predicted molar refractivity (Wildman–Crippen MR) is 139 cm³/mol. The third-order valence-electron chi connectivity index (χ3n) is 7.73. The molecule has 1 saturated carbocycles. The molecular formula is C28H45ClN2O3. The Kier molecular flexibility index (Phi) is 12.2. The third kappa shape index (κ3) is 8.82. The van der Waals surface area contributed by atoms with Gasteiger partial charge in [0.15, 0.2) is 0 Å². The lowest BCUT2D eigenvalue weighted by Crippen LogP contribution is -2.43. The number of rotatable bonds is 13. The molecule has 2 fully saturated rings. The van der Waals surface area contributed by atoms with Gasteiger partial charge < -0.3 is 19.7 Å². The second kappa shape index (κ2) is 15.1. The Morgan fingerprint density at radius 1 is 1.18 bits per heavy atom. The van der Waals surface area contributed by atoms with Crippen LogP contribution in [0.1, 0.15) is 69.3 Å². The minimum absolute atomic E-state index is 0.224. The Hall–Kier alpha value is -1.14. The van der Waals surface area contributed by atoms with E-state index in [9.17, 15) is 4.79 Å². The van der Waals surface area contributed by atoms with Crippen LogP contribution in [0.2, 0.25) is 5.02 Å². The van der Waals surface area contributed by atoms with Gasteiger partial charge in [0.05, 0.1) is 19.8 Å². The minimum atomic E-state index is 0.224. The van der Waals surface area contributed by atoms with Crippen molar-refractivity contribution < 1.29 is 14.3 Å². The van der Waals surface area contributed by atoms with Gasteiger partial charge in [-0.15, -0.1) is 0 Å². The number of likely N-dealkylation sites (tertiary alicyclic amines) is 1. The van der Waals surface area contributed by atoms with Crippen LogP contribution in [0.4, 0.5) is 0 Å². The number of amides is 1. The summed E-state index contributed by atoms with van der Waals surface area (Å²) in [6, 6.07) is 8.13. The van der Waals surface area contributed by atoms with Gasteiger partial charge in [-0.25, -0.2) is 0 Å². The van der Waals surface area contributed by atoms with Crippen LogP contribution in [0.15, 0.2) is 24.3 Å². The number of carbonyl (C=O) groups excluding carboxylic acids is 1. The molecule has 1 aromatic rings. The molecule has 1 aliphatic heterocycles. The number of piperidine rings is 1. The molecule has 1 amide bonds. The number of nitrogens with zero attached hydrogens (tertiary/aromatic N) is 1. The molecule has 5 nitrogen and oxygen atoms in total. The molecule has 192 valence electrons. The van der Waals surface area contributed by atoms with E-state index in [4.69, 9.17) is 21.1 Å². The van der Waals surface area contributed by atoms with Gasteiger partial charge in [-0.05, 0) is 68.3 Å². The standard InChI is InChI=1S/C28H45ClN2O3/c1-30-19-23(16-22-8-4-3-5-9-22)17-28(32)31-13-7-11-25(20-31)27(21-34-15-14-33-2)24-10-6-12-26(29)18-24/h6,10,12,18,22-23,25,27,30H,3-5,7-9,11,13-17,19-21H2,1-2H3/t23-,25-,27+/m1/s1. The first-order chi connectivity index (χ1) is 16.6.